The van der Waals surface area contributed by atoms with Gasteiger partial charge in [-0.05, 0) is 38.5 Å². The molecular weight excluding hydrogens is 274 g/mol. The van der Waals surface area contributed by atoms with Crippen molar-refractivity contribution in [3.8, 4) is 0 Å². The zero-order valence-corrected chi connectivity index (χ0v) is 14.5. The summed E-state index contributed by atoms with van der Waals surface area (Å²) in [6, 6.07) is 0. The zero-order chi connectivity index (χ0) is 15.6. The molecule has 0 aliphatic rings. The van der Waals surface area contributed by atoms with E-state index in [1.165, 1.54) is 44.7 Å². The molecule has 0 saturated carbocycles. The maximum Gasteiger partial charge on any atom is 0.0363 e. The molecule has 0 aromatic heterocycles. The molecule has 120 valence electrons. The van der Waals surface area contributed by atoms with Gasteiger partial charge in [-0.2, -0.15) is 12.6 Å². The Kier molecular flexibility index (Phi) is 16.7. The van der Waals surface area contributed by atoms with Crippen LogP contribution in [-0.2, 0) is 0 Å². The summed E-state index contributed by atoms with van der Waals surface area (Å²) in [6.07, 6.45) is 26.9. The smallest absolute Gasteiger partial charge is 0.0363 e. The molecule has 0 spiro atoms. The summed E-state index contributed by atoms with van der Waals surface area (Å²) >= 11 is 4.29. The van der Waals surface area contributed by atoms with Gasteiger partial charge in [0, 0.05) is 11.5 Å². The van der Waals surface area contributed by atoms with Crippen molar-refractivity contribution in [1.29, 1.82) is 5.41 Å². The van der Waals surface area contributed by atoms with Gasteiger partial charge in [0.2, 0.25) is 0 Å². The van der Waals surface area contributed by atoms with Gasteiger partial charge in [-0.25, -0.2) is 0 Å². The van der Waals surface area contributed by atoms with Crippen LogP contribution in [0, 0.1) is 5.41 Å². The second-order valence-corrected chi connectivity index (χ2v) is 6.04. The van der Waals surface area contributed by atoms with Crippen LogP contribution in [0.5, 0.6) is 0 Å². The van der Waals surface area contributed by atoms with E-state index in [9.17, 15) is 0 Å². The first-order valence-electron chi connectivity index (χ1n) is 8.45. The van der Waals surface area contributed by atoms with Crippen LogP contribution in [0.3, 0.4) is 0 Å². The standard InChI is InChI=1S/C19H33NS/c1-2-3-4-5-6-7-8-9-10-11-12-13-14-15-16-17-19(21)18-20/h3-4,6-7,9-10,18-21H,2,5,8,11-17H2,1H3/b4-3-,7-6-,10-9-,20-18?. The van der Waals surface area contributed by atoms with E-state index in [2.05, 4.69) is 56.0 Å². The number of nitrogens with one attached hydrogen (secondary N) is 1. The van der Waals surface area contributed by atoms with E-state index in [0.29, 0.717) is 0 Å². The molecule has 2 heteroatoms. The summed E-state index contributed by atoms with van der Waals surface area (Å²) in [5, 5.41) is 7.24. The molecule has 0 fully saturated rings. The lowest BCUT2D eigenvalue weighted by Gasteiger charge is -2.03. The van der Waals surface area contributed by atoms with Crippen molar-refractivity contribution >= 4 is 18.8 Å². The Hall–Kier alpha value is -0.760. The van der Waals surface area contributed by atoms with Crippen LogP contribution >= 0.6 is 12.6 Å². The van der Waals surface area contributed by atoms with Crippen LogP contribution in [0.2, 0.25) is 0 Å². The van der Waals surface area contributed by atoms with Crippen molar-refractivity contribution in [3.63, 3.8) is 0 Å². The van der Waals surface area contributed by atoms with Crippen molar-refractivity contribution in [2.24, 2.45) is 0 Å². The third kappa shape index (κ3) is 17.2. The molecular formula is C19H33NS. The number of hydrogen-bond donors (Lipinski definition) is 2. The maximum atomic E-state index is 7.07. The SMILES string of the molecule is CC/C=C\C/C=C\C/C=C\CCCCCCCC(S)C=N. The lowest BCUT2D eigenvalue weighted by molar-refractivity contribution is 0.607. The van der Waals surface area contributed by atoms with Gasteiger partial charge in [0.25, 0.3) is 0 Å². The summed E-state index contributed by atoms with van der Waals surface area (Å²) in [5.41, 5.74) is 0. The first kappa shape index (κ1) is 20.2. The average molecular weight is 308 g/mol. The molecule has 0 rings (SSSR count). The molecule has 0 saturated heterocycles. The van der Waals surface area contributed by atoms with Crippen molar-refractivity contribution < 1.29 is 0 Å². The molecule has 0 aliphatic heterocycles. The van der Waals surface area contributed by atoms with E-state index in [1.807, 2.05) is 0 Å². The van der Waals surface area contributed by atoms with Crippen molar-refractivity contribution in [2.75, 3.05) is 0 Å². The second-order valence-electron chi connectivity index (χ2n) is 5.37. The van der Waals surface area contributed by atoms with E-state index in [-0.39, 0.29) is 5.25 Å². The monoisotopic (exact) mass is 307 g/mol. The molecule has 0 bridgehead atoms. The molecule has 0 amide bonds. The van der Waals surface area contributed by atoms with Gasteiger partial charge >= 0.3 is 0 Å². The van der Waals surface area contributed by atoms with Crippen molar-refractivity contribution in [2.45, 2.75) is 76.4 Å². The molecule has 0 aromatic rings. The summed E-state index contributed by atoms with van der Waals surface area (Å²) in [6.45, 7) is 2.16. The Labute approximate surface area is 137 Å². The van der Waals surface area contributed by atoms with Gasteiger partial charge in [0.05, 0.1) is 0 Å². The molecule has 1 atom stereocenters. The normalized spacial score (nSPS) is 13.6. The van der Waals surface area contributed by atoms with Crippen LogP contribution in [-0.4, -0.2) is 11.5 Å². The predicted octanol–water partition coefficient (Wildman–Crippen LogP) is 6.52. The fourth-order valence-electron chi connectivity index (χ4n) is 2.06. The summed E-state index contributed by atoms with van der Waals surface area (Å²) < 4.78 is 0. The molecule has 1 nitrogen and oxygen atoms in total. The zero-order valence-electron chi connectivity index (χ0n) is 13.6. The van der Waals surface area contributed by atoms with Crippen molar-refractivity contribution in [1.82, 2.24) is 0 Å². The van der Waals surface area contributed by atoms with Crippen LogP contribution < -0.4 is 0 Å². The van der Waals surface area contributed by atoms with Crippen LogP contribution in [0.15, 0.2) is 36.5 Å². The highest BCUT2D eigenvalue weighted by molar-refractivity contribution is 7.81. The van der Waals surface area contributed by atoms with Gasteiger partial charge in [-0.3, -0.25) is 0 Å². The maximum absolute atomic E-state index is 7.07. The summed E-state index contributed by atoms with van der Waals surface area (Å²) in [7, 11) is 0. The number of hydrogen-bond acceptors (Lipinski definition) is 2. The number of thiol groups is 1. The Balaban J connectivity index is 3.25. The summed E-state index contributed by atoms with van der Waals surface area (Å²) in [4.78, 5) is 0. The minimum atomic E-state index is 0.165. The lowest BCUT2D eigenvalue weighted by atomic mass is 10.1. The highest BCUT2D eigenvalue weighted by Gasteiger charge is 1.97. The Bertz CT molecular complexity index is 305. The largest absolute Gasteiger partial charge is 0.312 e. The van der Waals surface area contributed by atoms with E-state index < -0.39 is 0 Å². The second kappa shape index (κ2) is 17.3. The molecule has 0 aromatic carbocycles. The van der Waals surface area contributed by atoms with E-state index in [0.717, 1.165) is 25.7 Å². The van der Waals surface area contributed by atoms with Crippen LogP contribution in [0.25, 0.3) is 0 Å². The third-order valence-corrected chi connectivity index (χ3v) is 3.75. The molecule has 1 N–H and O–H groups in total. The molecule has 0 heterocycles. The highest BCUT2D eigenvalue weighted by Crippen LogP contribution is 2.10. The van der Waals surface area contributed by atoms with Gasteiger partial charge < -0.3 is 5.41 Å². The summed E-state index contributed by atoms with van der Waals surface area (Å²) in [5.74, 6) is 0. The molecule has 0 aliphatic carbocycles. The van der Waals surface area contributed by atoms with Crippen molar-refractivity contribution in [3.05, 3.63) is 36.5 Å². The Morgan fingerprint density at radius 3 is 2.05 bits per heavy atom. The first-order valence-corrected chi connectivity index (χ1v) is 8.96. The van der Waals surface area contributed by atoms with Crippen LogP contribution in [0.4, 0.5) is 0 Å². The predicted molar refractivity (Wildman–Crippen MR) is 101 cm³/mol. The number of unbranched alkanes of at least 4 members (excludes halogenated alkanes) is 5. The number of allylic oxidation sites excluding steroid dienone is 6. The highest BCUT2D eigenvalue weighted by atomic mass is 32.1. The number of rotatable bonds is 14. The van der Waals surface area contributed by atoms with Gasteiger partial charge in [-0.1, -0.05) is 69.1 Å². The minimum absolute atomic E-state index is 0.165. The topological polar surface area (TPSA) is 23.9 Å². The quantitative estimate of drug-likeness (QED) is 0.158. The van der Waals surface area contributed by atoms with Gasteiger partial charge in [-0.15, -0.1) is 0 Å². The van der Waals surface area contributed by atoms with Gasteiger partial charge in [0.15, 0.2) is 0 Å². The van der Waals surface area contributed by atoms with E-state index in [1.54, 1.807) is 0 Å². The Morgan fingerprint density at radius 1 is 0.810 bits per heavy atom. The van der Waals surface area contributed by atoms with Gasteiger partial charge in [0.1, 0.15) is 0 Å². The third-order valence-electron chi connectivity index (χ3n) is 3.34. The lowest BCUT2D eigenvalue weighted by Crippen LogP contribution is -1.98. The fraction of sp³-hybridized carbons (Fsp3) is 0.632. The average Bonchev–Trinajstić information content (AvgIpc) is 2.50. The minimum Gasteiger partial charge on any atom is -0.312 e. The van der Waals surface area contributed by atoms with E-state index >= 15 is 0 Å². The first-order chi connectivity index (χ1) is 10.3. The molecule has 0 radical (unpaired) electrons. The molecule has 1 unspecified atom stereocenters. The van der Waals surface area contributed by atoms with E-state index in [4.69, 9.17) is 5.41 Å². The fourth-order valence-corrected chi connectivity index (χ4v) is 2.24. The van der Waals surface area contributed by atoms with Crippen LogP contribution in [0.1, 0.15) is 71.1 Å². The molecule has 21 heavy (non-hydrogen) atoms. The Morgan fingerprint density at radius 2 is 1.38 bits per heavy atom.